The Kier molecular flexibility index (Phi) is 5.71. The van der Waals surface area contributed by atoms with Gasteiger partial charge in [-0.2, -0.15) is 5.10 Å². The Labute approximate surface area is 182 Å². The van der Waals surface area contributed by atoms with Crippen LogP contribution in [0.3, 0.4) is 0 Å². The summed E-state index contributed by atoms with van der Waals surface area (Å²) >= 11 is 0. The molecule has 4 rings (SSSR count). The minimum absolute atomic E-state index is 0.0494. The number of rotatable bonds is 5. The molecule has 1 aromatic heterocycles. The molecule has 0 aliphatic heterocycles. The van der Waals surface area contributed by atoms with E-state index in [-0.39, 0.29) is 17.0 Å². The number of nitrogens with zero attached hydrogens (tertiary/aromatic N) is 2. The standard InChI is InChI=1S/C23H16ClFN2O3S/c24-31(29,30)20-12-8-17(9-13-20)21-14-26-27(15-16-4-2-1-3-5-16)23(28)22(21)18-6-10-19(25)11-7-18/h1-14H,15H2. The molecule has 0 aliphatic carbocycles. The third-order valence-corrected chi connectivity index (χ3v) is 6.17. The van der Waals surface area contributed by atoms with Crippen molar-refractivity contribution in [3.63, 3.8) is 0 Å². The highest BCUT2D eigenvalue weighted by Gasteiger charge is 2.17. The lowest BCUT2D eigenvalue weighted by molar-refractivity contribution is 0.609. The summed E-state index contributed by atoms with van der Waals surface area (Å²) in [6.07, 6.45) is 1.55. The van der Waals surface area contributed by atoms with Crippen LogP contribution in [0.5, 0.6) is 0 Å². The molecule has 5 nitrogen and oxygen atoms in total. The van der Waals surface area contributed by atoms with E-state index in [1.807, 2.05) is 30.3 Å². The van der Waals surface area contributed by atoms with Gasteiger partial charge >= 0.3 is 0 Å². The highest BCUT2D eigenvalue weighted by atomic mass is 35.7. The van der Waals surface area contributed by atoms with E-state index in [0.29, 0.717) is 22.3 Å². The van der Waals surface area contributed by atoms with Gasteiger partial charge in [0, 0.05) is 16.2 Å². The molecule has 0 spiro atoms. The van der Waals surface area contributed by atoms with Gasteiger partial charge < -0.3 is 0 Å². The molecule has 8 heteroatoms. The van der Waals surface area contributed by atoms with Crippen molar-refractivity contribution in [1.29, 1.82) is 0 Å². The van der Waals surface area contributed by atoms with Crippen molar-refractivity contribution in [2.45, 2.75) is 11.4 Å². The lowest BCUT2D eigenvalue weighted by Gasteiger charge is -2.13. The monoisotopic (exact) mass is 454 g/mol. The second-order valence-electron chi connectivity index (χ2n) is 6.85. The Morgan fingerprint density at radius 3 is 2.10 bits per heavy atom. The molecular formula is C23H16ClFN2O3S. The van der Waals surface area contributed by atoms with Crippen molar-refractivity contribution in [3.05, 3.63) is 107 Å². The second kappa shape index (κ2) is 8.45. The molecule has 0 atom stereocenters. The van der Waals surface area contributed by atoms with Crippen LogP contribution in [0.25, 0.3) is 22.3 Å². The molecule has 0 saturated heterocycles. The molecule has 1 heterocycles. The molecule has 4 aromatic rings. The summed E-state index contributed by atoms with van der Waals surface area (Å²) in [5.74, 6) is -0.416. The average molecular weight is 455 g/mol. The van der Waals surface area contributed by atoms with E-state index < -0.39 is 14.9 Å². The van der Waals surface area contributed by atoms with Crippen LogP contribution in [0, 0.1) is 5.82 Å². The van der Waals surface area contributed by atoms with Gasteiger partial charge in [-0.05, 0) is 41.0 Å². The van der Waals surface area contributed by atoms with Gasteiger partial charge in [-0.3, -0.25) is 4.79 Å². The van der Waals surface area contributed by atoms with E-state index in [1.54, 1.807) is 18.3 Å². The van der Waals surface area contributed by atoms with Gasteiger partial charge in [0.05, 0.1) is 23.2 Å². The lowest BCUT2D eigenvalue weighted by atomic mass is 9.97. The van der Waals surface area contributed by atoms with Crippen molar-refractivity contribution >= 4 is 19.7 Å². The zero-order valence-corrected chi connectivity index (χ0v) is 17.6. The minimum atomic E-state index is -3.87. The summed E-state index contributed by atoms with van der Waals surface area (Å²) in [7, 11) is 1.52. The molecule has 0 radical (unpaired) electrons. The zero-order valence-electron chi connectivity index (χ0n) is 16.1. The molecular weight excluding hydrogens is 439 g/mol. The first-order valence-electron chi connectivity index (χ1n) is 9.28. The van der Waals surface area contributed by atoms with Gasteiger partial charge in [0.2, 0.25) is 0 Å². The molecule has 0 unspecified atom stereocenters. The number of hydrogen-bond acceptors (Lipinski definition) is 4. The van der Waals surface area contributed by atoms with Gasteiger partial charge in [-0.25, -0.2) is 17.5 Å². The molecule has 0 amide bonds. The van der Waals surface area contributed by atoms with Crippen molar-refractivity contribution in [2.75, 3.05) is 0 Å². The Morgan fingerprint density at radius 1 is 0.871 bits per heavy atom. The zero-order chi connectivity index (χ0) is 22.0. The van der Waals surface area contributed by atoms with Crippen molar-refractivity contribution in [3.8, 4) is 22.3 Å². The number of benzene rings is 3. The fraction of sp³-hybridized carbons (Fsp3) is 0.0435. The summed E-state index contributed by atoms with van der Waals surface area (Å²) in [5, 5.41) is 4.31. The summed E-state index contributed by atoms with van der Waals surface area (Å²) < 4.78 is 37.9. The summed E-state index contributed by atoms with van der Waals surface area (Å²) in [4.78, 5) is 13.3. The third kappa shape index (κ3) is 4.57. The number of hydrogen-bond donors (Lipinski definition) is 0. The van der Waals surface area contributed by atoms with E-state index in [4.69, 9.17) is 10.7 Å². The maximum absolute atomic E-state index is 13.5. The first kappa shape index (κ1) is 21.0. The fourth-order valence-corrected chi connectivity index (χ4v) is 4.04. The van der Waals surface area contributed by atoms with E-state index in [1.165, 1.54) is 41.1 Å². The number of halogens is 2. The van der Waals surface area contributed by atoms with E-state index in [0.717, 1.165) is 5.56 Å². The predicted octanol–water partition coefficient (Wildman–Crippen LogP) is 4.69. The van der Waals surface area contributed by atoms with Crippen molar-refractivity contribution < 1.29 is 12.8 Å². The maximum Gasteiger partial charge on any atom is 0.275 e. The molecule has 31 heavy (non-hydrogen) atoms. The Hall–Kier alpha value is -3.29. The van der Waals surface area contributed by atoms with Gasteiger partial charge in [0.15, 0.2) is 0 Å². The molecule has 156 valence electrons. The van der Waals surface area contributed by atoms with Crippen LogP contribution in [0.2, 0.25) is 0 Å². The van der Waals surface area contributed by atoms with E-state index in [2.05, 4.69) is 5.10 Å². The van der Waals surface area contributed by atoms with Crippen LogP contribution in [-0.2, 0) is 15.6 Å². The first-order chi connectivity index (χ1) is 14.8. The SMILES string of the molecule is O=c1c(-c2ccc(F)cc2)c(-c2ccc(S(=O)(=O)Cl)cc2)cnn1Cc1ccccc1. The smallest absolute Gasteiger partial charge is 0.267 e. The minimum Gasteiger partial charge on any atom is -0.267 e. The normalized spacial score (nSPS) is 11.4. The van der Waals surface area contributed by atoms with Gasteiger partial charge in [-0.1, -0.05) is 54.6 Å². The summed E-state index contributed by atoms with van der Waals surface area (Å²) in [5.41, 5.74) is 2.51. The van der Waals surface area contributed by atoms with E-state index >= 15 is 0 Å². The van der Waals surface area contributed by atoms with E-state index in [9.17, 15) is 17.6 Å². The predicted molar refractivity (Wildman–Crippen MR) is 118 cm³/mol. The van der Waals surface area contributed by atoms with Crippen LogP contribution in [0.1, 0.15) is 5.56 Å². The van der Waals surface area contributed by atoms with Crippen LogP contribution >= 0.6 is 10.7 Å². The Balaban J connectivity index is 1.87. The molecule has 0 fully saturated rings. The Morgan fingerprint density at radius 2 is 1.48 bits per heavy atom. The fourth-order valence-electron chi connectivity index (χ4n) is 3.27. The van der Waals surface area contributed by atoms with Gasteiger partial charge in [0.25, 0.3) is 14.6 Å². The largest absolute Gasteiger partial charge is 0.275 e. The quantitative estimate of drug-likeness (QED) is 0.410. The molecule has 0 aliphatic rings. The number of aromatic nitrogens is 2. The van der Waals surface area contributed by atoms with Crippen molar-refractivity contribution in [1.82, 2.24) is 9.78 Å². The summed E-state index contributed by atoms with van der Waals surface area (Å²) in [6, 6.07) is 20.9. The average Bonchev–Trinajstić information content (AvgIpc) is 2.76. The molecule has 0 N–H and O–H groups in total. The van der Waals surface area contributed by atoms with Crippen LogP contribution in [0.15, 0.2) is 94.7 Å². The van der Waals surface area contributed by atoms with Gasteiger partial charge in [0.1, 0.15) is 5.82 Å². The van der Waals surface area contributed by atoms with Crippen molar-refractivity contribution in [2.24, 2.45) is 0 Å². The first-order valence-corrected chi connectivity index (χ1v) is 11.6. The lowest BCUT2D eigenvalue weighted by Crippen LogP contribution is -2.25. The molecule has 0 saturated carbocycles. The molecule has 3 aromatic carbocycles. The Bertz CT molecular complexity index is 1390. The maximum atomic E-state index is 13.5. The molecule has 0 bridgehead atoms. The summed E-state index contributed by atoms with van der Waals surface area (Å²) in [6.45, 7) is 0.275. The van der Waals surface area contributed by atoms with Crippen LogP contribution in [0.4, 0.5) is 4.39 Å². The third-order valence-electron chi connectivity index (χ3n) is 4.80. The van der Waals surface area contributed by atoms with Crippen LogP contribution in [-0.4, -0.2) is 18.2 Å². The van der Waals surface area contributed by atoms with Crippen LogP contribution < -0.4 is 5.56 Å². The topological polar surface area (TPSA) is 69.0 Å². The highest BCUT2D eigenvalue weighted by molar-refractivity contribution is 8.13. The highest BCUT2D eigenvalue weighted by Crippen LogP contribution is 2.30. The second-order valence-corrected chi connectivity index (χ2v) is 9.42. The van der Waals surface area contributed by atoms with Gasteiger partial charge in [-0.15, -0.1) is 0 Å².